The van der Waals surface area contributed by atoms with Gasteiger partial charge in [0, 0.05) is 32.0 Å². The zero-order valence-electron chi connectivity index (χ0n) is 23.7. The van der Waals surface area contributed by atoms with Crippen molar-refractivity contribution >= 4 is 27.0 Å². The summed E-state index contributed by atoms with van der Waals surface area (Å²) in [6, 6.07) is 24.4. The van der Waals surface area contributed by atoms with Gasteiger partial charge in [-0.05, 0) is 25.3 Å². The Morgan fingerprint density at radius 2 is 1.68 bits per heavy atom. The van der Waals surface area contributed by atoms with Gasteiger partial charge < -0.3 is 18.5 Å². The number of H-pyrrole nitrogens is 1. The van der Waals surface area contributed by atoms with Crippen LogP contribution in [-0.4, -0.2) is 66.4 Å². The highest BCUT2D eigenvalue weighted by molar-refractivity contribution is 7.45. The van der Waals surface area contributed by atoms with Crippen LogP contribution in [0.2, 0.25) is 12.6 Å². The highest BCUT2D eigenvalue weighted by atomic mass is 31.2. The number of rotatable bonds is 9. The number of nitrogens with one attached hydrogen (secondary N) is 1. The van der Waals surface area contributed by atoms with Gasteiger partial charge in [0.1, 0.15) is 20.3 Å². The van der Waals surface area contributed by atoms with Crippen LogP contribution in [-0.2, 0) is 18.5 Å². The molecule has 7 atom stereocenters. The molecule has 0 radical (unpaired) electrons. The number of hydrogen-bond acceptors (Lipinski definition) is 7. The predicted octanol–water partition coefficient (Wildman–Crippen LogP) is 3.23. The topological polar surface area (TPSA) is 95.0 Å². The fourth-order valence-electron chi connectivity index (χ4n) is 6.65. The molecule has 9 nitrogen and oxygen atoms in total. The van der Waals surface area contributed by atoms with E-state index in [9.17, 15) is 9.59 Å². The molecular formula is C30H38N3O6PSi. The lowest BCUT2D eigenvalue weighted by Gasteiger charge is -2.32. The third-order valence-corrected chi connectivity index (χ3v) is 15.1. The number of fused-ring (bicyclic) bond motifs is 1. The number of benzene rings is 2. The Balaban J connectivity index is 1.26. The lowest BCUT2D eigenvalue weighted by atomic mass is 10.1. The normalized spacial score (nSPS) is 30.1. The molecule has 218 valence electrons. The van der Waals surface area contributed by atoms with Crippen molar-refractivity contribution in [2.75, 3.05) is 13.7 Å². The van der Waals surface area contributed by atoms with Crippen molar-refractivity contribution in [1.82, 2.24) is 14.2 Å². The van der Waals surface area contributed by atoms with E-state index in [0.717, 1.165) is 25.4 Å². The minimum absolute atomic E-state index is 0.0571. The number of aromatic amines is 1. The van der Waals surface area contributed by atoms with Crippen LogP contribution in [0.3, 0.4) is 0 Å². The Bertz CT molecular complexity index is 1400. The third kappa shape index (κ3) is 5.43. The maximum atomic E-state index is 12.6. The van der Waals surface area contributed by atoms with E-state index in [2.05, 4.69) is 76.9 Å². The van der Waals surface area contributed by atoms with E-state index in [4.69, 9.17) is 18.5 Å². The lowest BCUT2D eigenvalue weighted by molar-refractivity contribution is -0.0538. The first-order valence-electron chi connectivity index (χ1n) is 14.4. The molecular weight excluding hydrogens is 557 g/mol. The first-order chi connectivity index (χ1) is 19.9. The van der Waals surface area contributed by atoms with Crippen LogP contribution in [0.4, 0.5) is 0 Å². The summed E-state index contributed by atoms with van der Waals surface area (Å²) in [5.74, 6) is 0. The number of methoxy groups -OCH3 is 1. The molecule has 3 aliphatic rings. The monoisotopic (exact) mass is 595 g/mol. The highest BCUT2D eigenvalue weighted by Crippen LogP contribution is 2.59. The van der Waals surface area contributed by atoms with Crippen molar-refractivity contribution in [3.8, 4) is 0 Å². The molecule has 3 saturated heterocycles. The number of ether oxygens (including phenoxy) is 2. The molecule has 11 heteroatoms. The van der Waals surface area contributed by atoms with Crippen LogP contribution in [0.15, 0.2) is 82.5 Å². The Hall–Kier alpha value is -2.43. The second kappa shape index (κ2) is 12.0. The van der Waals surface area contributed by atoms with Gasteiger partial charge in [-0.15, -0.1) is 0 Å². The Kier molecular flexibility index (Phi) is 8.43. The van der Waals surface area contributed by atoms with Crippen LogP contribution in [0, 0.1) is 0 Å². The van der Waals surface area contributed by atoms with Crippen LogP contribution >= 0.6 is 8.53 Å². The summed E-state index contributed by atoms with van der Waals surface area (Å²) in [6.45, 7) is 5.42. The van der Waals surface area contributed by atoms with Gasteiger partial charge in [-0.1, -0.05) is 84.5 Å². The molecule has 2 aromatic carbocycles. The minimum atomic E-state index is -2.12. The molecule has 3 aliphatic heterocycles. The van der Waals surface area contributed by atoms with Gasteiger partial charge >= 0.3 is 5.69 Å². The molecule has 1 aromatic heterocycles. The van der Waals surface area contributed by atoms with Crippen LogP contribution in [0.5, 0.6) is 0 Å². The summed E-state index contributed by atoms with van der Waals surface area (Å²) in [4.78, 5) is 26.6. The van der Waals surface area contributed by atoms with Gasteiger partial charge in [0.05, 0.1) is 12.2 Å². The number of aromatic nitrogens is 2. The third-order valence-electron chi connectivity index (χ3n) is 8.86. The van der Waals surface area contributed by atoms with Crippen molar-refractivity contribution in [3.05, 3.63) is 93.8 Å². The molecule has 0 aliphatic carbocycles. The summed E-state index contributed by atoms with van der Waals surface area (Å²) in [5.41, 5.74) is -0.984. The standard InChI is InChI=1S/C30H38N3O6PSi/c1-4-24-27(28(36-2)29(37-24)32-19-17-26(34)31-30(32)35)39-40-33-18-11-16-23(33)25(38-40)20-41(3,21-12-7-5-8-13-21)22-14-9-6-10-15-22/h5-10,12-15,17,19,23-25,27-29H,4,11,16,18,20H2,1-3H3,(H,31,34,35)/t23-,24+,25+,27?,28-,29+,40-/m0/s1. The van der Waals surface area contributed by atoms with Crippen LogP contribution < -0.4 is 21.6 Å². The summed E-state index contributed by atoms with van der Waals surface area (Å²) in [6.07, 6.45) is 2.43. The zero-order chi connectivity index (χ0) is 28.6. The van der Waals surface area contributed by atoms with Gasteiger partial charge in [-0.2, -0.15) is 0 Å². The average molecular weight is 596 g/mol. The molecule has 0 bridgehead atoms. The van der Waals surface area contributed by atoms with Gasteiger partial charge in [-0.25, -0.2) is 9.46 Å². The van der Waals surface area contributed by atoms with E-state index in [-0.39, 0.29) is 12.2 Å². The van der Waals surface area contributed by atoms with Crippen molar-refractivity contribution in [2.24, 2.45) is 0 Å². The Labute approximate surface area is 242 Å². The minimum Gasteiger partial charge on any atom is -0.374 e. The first-order valence-corrected chi connectivity index (χ1v) is 18.3. The molecule has 41 heavy (non-hydrogen) atoms. The van der Waals surface area contributed by atoms with E-state index < -0.39 is 46.3 Å². The smallest absolute Gasteiger partial charge is 0.330 e. The van der Waals surface area contributed by atoms with Gasteiger partial charge in [0.25, 0.3) is 14.1 Å². The second-order valence-corrected chi connectivity index (χ2v) is 16.9. The Morgan fingerprint density at radius 1 is 1.00 bits per heavy atom. The summed E-state index contributed by atoms with van der Waals surface area (Å²) in [7, 11) is -1.86. The fraction of sp³-hybridized carbons (Fsp3) is 0.467. The highest BCUT2D eigenvalue weighted by Gasteiger charge is 2.54. The van der Waals surface area contributed by atoms with Crippen LogP contribution in [0.1, 0.15) is 32.4 Å². The molecule has 1 N–H and O–H groups in total. The average Bonchev–Trinajstić information content (AvgIpc) is 3.69. The largest absolute Gasteiger partial charge is 0.374 e. The molecule has 4 heterocycles. The van der Waals surface area contributed by atoms with Crippen molar-refractivity contribution in [2.45, 2.75) is 75.5 Å². The summed E-state index contributed by atoms with van der Waals surface area (Å²) in [5, 5.41) is 2.81. The van der Waals surface area contributed by atoms with Crippen molar-refractivity contribution in [3.63, 3.8) is 0 Å². The maximum Gasteiger partial charge on any atom is 0.330 e. The number of hydrogen-bond donors (Lipinski definition) is 1. The Morgan fingerprint density at radius 3 is 2.29 bits per heavy atom. The SMILES string of the molecule is CC[C@H]1O[C@@H](n2ccc(=O)[nH]c2=O)[C@@H](OC)C1O[P@]1O[C@H](C[Si](C)(c2ccccc2)c2ccccc2)[C@@H]2CCCN21. The second-order valence-electron chi connectivity index (χ2n) is 11.3. The predicted molar refractivity (Wildman–Crippen MR) is 161 cm³/mol. The quantitative estimate of drug-likeness (QED) is 0.300. The van der Waals surface area contributed by atoms with E-state index in [1.165, 1.54) is 27.2 Å². The van der Waals surface area contributed by atoms with Crippen molar-refractivity contribution in [1.29, 1.82) is 0 Å². The molecule has 1 unspecified atom stereocenters. The zero-order valence-corrected chi connectivity index (χ0v) is 25.6. The van der Waals surface area contributed by atoms with Crippen LogP contribution in [0.25, 0.3) is 0 Å². The number of nitrogens with zero attached hydrogens (tertiary/aromatic N) is 2. The molecule has 0 spiro atoms. The van der Waals surface area contributed by atoms with Gasteiger partial charge in [-0.3, -0.25) is 14.3 Å². The van der Waals surface area contributed by atoms with E-state index in [0.29, 0.717) is 12.5 Å². The first kappa shape index (κ1) is 28.7. The summed E-state index contributed by atoms with van der Waals surface area (Å²) >= 11 is 0. The molecule has 6 rings (SSSR count). The molecule has 0 saturated carbocycles. The van der Waals surface area contributed by atoms with Crippen molar-refractivity contribution < 1.29 is 18.5 Å². The fourth-order valence-corrected chi connectivity index (χ4v) is 12.6. The molecule has 0 amide bonds. The summed E-state index contributed by atoms with van der Waals surface area (Å²) < 4.78 is 29.7. The maximum absolute atomic E-state index is 12.6. The van der Waals surface area contributed by atoms with E-state index >= 15 is 0 Å². The van der Waals surface area contributed by atoms with E-state index in [1.54, 1.807) is 7.11 Å². The molecule has 3 fully saturated rings. The van der Waals surface area contributed by atoms with Gasteiger partial charge in [0.15, 0.2) is 6.23 Å². The lowest BCUT2D eigenvalue weighted by Crippen LogP contribution is -2.58. The molecule has 3 aromatic rings. The van der Waals surface area contributed by atoms with E-state index in [1.807, 2.05) is 6.92 Å². The van der Waals surface area contributed by atoms with Gasteiger partial charge in [0.2, 0.25) is 0 Å².